The van der Waals surface area contributed by atoms with E-state index in [0.717, 1.165) is 11.6 Å². The van der Waals surface area contributed by atoms with Crippen LogP contribution in [0.25, 0.3) is 0 Å². The van der Waals surface area contributed by atoms with Crippen molar-refractivity contribution in [3.05, 3.63) is 16.1 Å². The molecule has 18 heavy (non-hydrogen) atoms. The molecule has 5 nitrogen and oxygen atoms in total. The fraction of sp³-hybridized carbons (Fsp3) is 0.750. The van der Waals surface area contributed by atoms with Crippen LogP contribution in [0, 0.1) is 6.92 Å². The highest BCUT2D eigenvalue weighted by atomic mass is 32.1. The number of methoxy groups -OCH3 is 1. The van der Waals surface area contributed by atoms with Gasteiger partial charge in [0.15, 0.2) is 0 Å². The monoisotopic (exact) mass is 274 g/mol. The van der Waals surface area contributed by atoms with Crippen LogP contribution >= 0.6 is 11.3 Å². The summed E-state index contributed by atoms with van der Waals surface area (Å²) in [4.78, 5) is 5.35. The summed E-state index contributed by atoms with van der Waals surface area (Å²) in [5, 5.41) is 13.9. The van der Waals surface area contributed by atoms with Gasteiger partial charge >= 0.3 is 0 Å². The Kier molecular flexibility index (Phi) is 7.38. The third-order valence-electron chi connectivity index (χ3n) is 2.32. The number of hydrogen-bond acceptors (Lipinski definition) is 6. The van der Waals surface area contributed by atoms with Gasteiger partial charge in [-0.25, -0.2) is 4.98 Å². The molecule has 0 aliphatic heterocycles. The zero-order valence-electron chi connectivity index (χ0n) is 11.2. The topological polar surface area (TPSA) is 63.6 Å². The Hall–Kier alpha value is -0.530. The first-order chi connectivity index (χ1) is 8.61. The minimum absolute atomic E-state index is 0.00814. The fourth-order valence-corrected chi connectivity index (χ4v) is 2.23. The first-order valence-electron chi connectivity index (χ1n) is 6.02. The average Bonchev–Trinajstić information content (AvgIpc) is 2.73. The highest BCUT2D eigenvalue weighted by Gasteiger charge is 2.08. The van der Waals surface area contributed by atoms with E-state index in [9.17, 15) is 5.11 Å². The van der Waals surface area contributed by atoms with E-state index in [-0.39, 0.29) is 6.10 Å². The Morgan fingerprint density at radius 1 is 1.50 bits per heavy atom. The molecule has 1 aromatic heterocycles. The van der Waals surface area contributed by atoms with Crippen molar-refractivity contribution in [1.29, 1.82) is 0 Å². The van der Waals surface area contributed by atoms with Gasteiger partial charge in [-0.2, -0.15) is 0 Å². The number of aromatic nitrogens is 1. The summed E-state index contributed by atoms with van der Waals surface area (Å²) < 4.78 is 10.4. The Bertz CT molecular complexity index is 333. The second-order valence-electron chi connectivity index (χ2n) is 4.23. The van der Waals surface area contributed by atoms with Crippen LogP contribution in [0.3, 0.4) is 0 Å². The summed E-state index contributed by atoms with van der Waals surface area (Å²) in [7, 11) is 1.63. The number of nitrogens with zero attached hydrogens (tertiary/aromatic N) is 1. The molecule has 0 aliphatic carbocycles. The Morgan fingerprint density at radius 3 is 2.89 bits per heavy atom. The van der Waals surface area contributed by atoms with Gasteiger partial charge in [-0.05, 0) is 13.8 Å². The van der Waals surface area contributed by atoms with Gasteiger partial charge in [-0.3, -0.25) is 0 Å². The molecule has 0 aliphatic rings. The van der Waals surface area contributed by atoms with Gasteiger partial charge in [0.1, 0.15) is 0 Å². The number of aryl methyl sites for hydroxylation is 1. The third kappa shape index (κ3) is 6.42. The molecule has 1 aromatic rings. The summed E-state index contributed by atoms with van der Waals surface area (Å²) >= 11 is 1.66. The van der Waals surface area contributed by atoms with Gasteiger partial charge in [0.05, 0.1) is 30.4 Å². The predicted octanol–water partition coefficient (Wildman–Crippen LogP) is 0.954. The Labute approximate surface area is 112 Å². The summed E-state index contributed by atoms with van der Waals surface area (Å²) in [6.07, 6.45) is 1.36. The standard InChI is InChI=1S/C12H22N2O3S/c1-9(7-16-3)17-8-11(15)4-13-5-12-6-14-10(2)18-12/h6,9,11,13,15H,4-5,7-8H2,1-3H3. The first-order valence-corrected chi connectivity index (χ1v) is 6.84. The number of hydrogen-bond donors (Lipinski definition) is 2. The largest absolute Gasteiger partial charge is 0.389 e. The van der Waals surface area contributed by atoms with Crippen LogP contribution < -0.4 is 5.32 Å². The van der Waals surface area contributed by atoms with Crippen molar-refractivity contribution in [3.63, 3.8) is 0 Å². The summed E-state index contributed by atoms with van der Waals surface area (Å²) in [6.45, 7) is 6.00. The molecule has 104 valence electrons. The molecular formula is C12H22N2O3S. The molecule has 0 amide bonds. The maximum atomic E-state index is 9.71. The molecule has 0 fully saturated rings. The molecule has 0 saturated carbocycles. The van der Waals surface area contributed by atoms with Crippen molar-refractivity contribution >= 4 is 11.3 Å². The molecule has 1 rings (SSSR count). The van der Waals surface area contributed by atoms with Crippen LogP contribution in [0.1, 0.15) is 16.8 Å². The van der Waals surface area contributed by atoms with Crippen molar-refractivity contribution < 1.29 is 14.6 Å². The Morgan fingerprint density at radius 2 is 2.28 bits per heavy atom. The molecule has 2 N–H and O–H groups in total. The lowest BCUT2D eigenvalue weighted by Gasteiger charge is -2.16. The maximum Gasteiger partial charge on any atom is 0.0897 e. The summed E-state index contributed by atoms with van der Waals surface area (Å²) in [6, 6.07) is 0. The van der Waals surface area contributed by atoms with E-state index in [1.165, 1.54) is 4.88 Å². The number of nitrogens with one attached hydrogen (secondary N) is 1. The second kappa shape index (κ2) is 8.55. The number of thiazole rings is 1. The molecule has 0 bridgehead atoms. The molecule has 0 spiro atoms. The van der Waals surface area contributed by atoms with E-state index in [1.807, 2.05) is 20.0 Å². The van der Waals surface area contributed by atoms with Crippen molar-refractivity contribution in [2.75, 3.05) is 26.9 Å². The van der Waals surface area contributed by atoms with Crippen LogP contribution in [0.4, 0.5) is 0 Å². The van der Waals surface area contributed by atoms with Gasteiger partial charge in [-0.1, -0.05) is 0 Å². The molecule has 2 unspecified atom stereocenters. The molecular weight excluding hydrogens is 252 g/mol. The lowest BCUT2D eigenvalue weighted by Crippen LogP contribution is -2.32. The molecule has 0 radical (unpaired) electrons. The van der Waals surface area contributed by atoms with E-state index >= 15 is 0 Å². The lowest BCUT2D eigenvalue weighted by atomic mass is 10.3. The van der Waals surface area contributed by atoms with Gasteiger partial charge in [0.2, 0.25) is 0 Å². The first kappa shape index (κ1) is 15.5. The molecule has 2 atom stereocenters. The van der Waals surface area contributed by atoms with Crippen molar-refractivity contribution in [2.45, 2.75) is 32.6 Å². The van der Waals surface area contributed by atoms with Crippen molar-refractivity contribution in [2.24, 2.45) is 0 Å². The van der Waals surface area contributed by atoms with Crippen LogP contribution in [0.2, 0.25) is 0 Å². The smallest absolute Gasteiger partial charge is 0.0897 e. The lowest BCUT2D eigenvalue weighted by molar-refractivity contribution is -0.0311. The Balaban J connectivity index is 2.08. The van der Waals surface area contributed by atoms with Crippen LogP contribution in [-0.2, 0) is 16.0 Å². The third-order valence-corrected chi connectivity index (χ3v) is 3.24. The van der Waals surface area contributed by atoms with Crippen LogP contribution in [0.15, 0.2) is 6.20 Å². The van der Waals surface area contributed by atoms with E-state index in [1.54, 1.807) is 18.4 Å². The predicted molar refractivity (Wildman–Crippen MR) is 71.9 cm³/mol. The van der Waals surface area contributed by atoms with Crippen molar-refractivity contribution in [1.82, 2.24) is 10.3 Å². The summed E-state index contributed by atoms with van der Waals surface area (Å²) in [5.41, 5.74) is 0. The van der Waals surface area contributed by atoms with E-state index in [4.69, 9.17) is 9.47 Å². The van der Waals surface area contributed by atoms with Gasteiger partial charge in [-0.15, -0.1) is 11.3 Å². The fourth-order valence-electron chi connectivity index (χ4n) is 1.47. The molecule has 6 heteroatoms. The number of rotatable bonds is 9. The summed E-state index contributed by atoms with van der Waals surface area (Å²) in [5.74, 6) is 0. The van der Waals surface area contributed by atoms with Gasteiger partial charge in [0.25, 0.3) is 0 Å². The molecule has 0 saturated heterocycles. The quantitative estimate of drug-likeness (QED) is 0.702. The van der Waals surface area contributed by atoms with Crippen LogP contribution in [0.5, 0.6) is 0 Å². The van der Waals surface area contributed by atoms with Gasteiger partial charge < -0.3 is 19.9 Å². The minimum atomic E-state index is -0.502. The normalized spacial score (nSPS) is 14.7. The van der Waals surface area contributed by atoms with E-state index in [2.05, 4.69) is 10.3 Å². The second-order valence-corrected chi connectivity index (χ2v) is 5.55. The molecule has 0 aromatic carbocycles. The highest BCUT2D eigenvalue weighted by Crippen LogP contribution is 2.10. The van der Waals surface area contributed by atoms with Crippen molar-refractivity contribution in [3.8, 4) is 0 Å². The minimum Gasteiger partial charge on any atom is -0.389 e. The van der Waals surface area contributed by atoms with Gasteiger partial charge in [0, 0.05) is 31.3 Å². The average molecular weight is 274 g/mol. The zero-order valence-corrected chi connectivity index (χ0v) is 12.0. The number of ether oxygens (including phenoxy) is 2. The SMILES string of the molecule is COCC(C)OCC(O)CNCc1cnc(C)s1. The van der Waals surface area contributed by atoms with E-state index in [0.29, 0.717) is 19.8 Å². The number of aliphatic hydroxyl groups is 1. The molecule has 1 heterocycles. The maximum absolute atomic E-state index is 9.71. The van der Waals surface area contributed by atoms with Crippen LogP contribution in [-0.4, -0.2) is 49.2 Å². The zero-order chi connectivity index (χ0) is 13.4. The number of aliphatic hydroxyl groups excluding tert-OH is 1. The van der Waals surface area contributed by atoms with E-state index < -0.39 is 6.10 Å². The highest BCUT2D eigenvalue weighted by molar-refractivity contribution is 7.11.